The van der Waals surface area contributed by atoms with Crippen molar-refractivity contribution in [3.05, 3.63) is 12.3 Å². The summed E-state index contributed by atoms with van der Waals surface area (Å²) >= 11 is 0. The van der Waals surface area contributed by atoms with Gasteiger partial charge in [-0.15, -0.1) is 0 Å². The van der Waals surface area contributed by atoms with Crippen LogP contribution >= 0.6 is 0 Å². The van der Waals surface area contributed by atoms with Gasteiger partial charge in [0.15, 0.2) is 0 Å². The second kappa shape index (κ2) is 18.5. The van der Waals surface area contributed by atoms with Crippen LogP contribution in [0.2, 0.25) is 0 Å². The smallest absolute Gasteiger partial charge is 0.306 e. The number of hydrogen-bond acceptors (Lipinski definition) is 4. The zero-order valence-corrected chi connectivity index (χ0v) is 27.5. The zero-order valence-electron chi connectivity index (χ0n) is 27.5. The standard InChI is InChI=1S/C36H66O4/c1-8-35(4,5)38-34(37)20-13-12-18-32-23-21-30(22-24-32)16-10-11-17-31-25-27-33(28-26-31)19-14-15-29(3)39-40-36(6,7)9-2/h30-33H,3,8-28H2,1-2,4-7H3. The Balaban J connectivity index is 1.42. The van der Waals surface area contributed by atoms with E-state index in [9.17, 15) is 4.79 Å². The molecular weight excluding hydrogens is 496 g/mol. The highest BCUT2D eigenvalue weighted by Crippen LogP contribution is 2.37. The largest absolute Gasteiger partial charge is 0.460 e. The molecule has 0 aromatic rings. The van der Waals surface area contributed by atoms with Gasteiger partial charge >= 0.3 is 5.97 Å². The summed E-state index contributed by atoms with van der Waals surface area (Å²) in [5, 5.41) is 0. The summed E-state index contributed by atoms with van der Waals surface area (Å²) in [5.41, 5.74) is -0.559. The molecule has 0 atom stereocenters. The number of hydrogen-bond donors (Lipinski definition) is 0. The van der Waals surface area contributed by atoms with Crippen molar-refractivity contribution in [3.63, 3.8) is 0 Å². The Morgan fingerprint density at radius 1 is 0.625 bits per heavy atom. The Kier molecular flexibility index (Phi) is 16.3. The number of ether oxygens (including phenoxy) is 1. The van der Waals surface area contributed by atoms with Crippen LogP contribution in [0.1, 0.15) is 176 Å². The Hall–Kier alpha value is -1.03. The van der Waals surface area contributed by atoms with E-state index < -0.39 is 0 Å². The Labute approximate surface area is 248 Å². The van der Waals surface area contributed by atoms with Gasteiger partial charge in [0.2, 0.25) is 0 Å². The van der Waals surface area contributed by atoms with Crippen LogP contribution in [0.25, 0.3) is 0 Å². The lowest BCUT2D eigenvalue weighted by Crippen LogP contribution is -2.26. The van der Waals surface area contributed by atoms with E-state index in [1.165, 1.54) is 103 Å². The maximum Gasteiger partial charge on any atom is 0.306 e. The van der Waals surface area contributed by atoms with Gasteiger partial charge in [0.05, 0.1) is 0 Å². The first-order valence-corrected chi connectivity index (χ1v) is 17.3. The Morgan fingerprint density at radius 3 is 1.45 bits per heavy atom. The van der Waals surface area contributed by atoms with Gasteiger partial charge in [0, 0.05) is 12.8 Å². The van der Waals surface area contributed by atoms with Gasteiger partial charge in [-0.25, -0.2) is 0 Å². The van der Waals surface area contributed by atoms with Crippen LogP contribution in [0.3, 0.4) is 0 Å². The molecule has 2 fully saturated rings. The molecule has 4 heteroatoms. The van der Waals surface area contributed by atoms with Crippen molar-refractivity contribution in [2.75, 3.05) is 0 Å². The molecule has 0 spiro atoms. The van der Waals surface area contributed by atoms with Crippen molar-refractivity contribution < 1.29 is 19.3 Å². The van der Waals surface area contributed by atoms with E-state index in [1.54, 1.807) is 0 Å². The maximum atomic E-state index is 12.0. The van der Waals surface area contributed by atoms with Crippen molar-refractivity contribution in [2.24, 2.45) is 23.7 Å². The number of rotatable bonds is 20. The van der Waals surface area contributed by atoms with Gasteiger partial charge in [-0.3, -0.25) is 4.79 Å². The minimum Gasteiger partial charge on any atom is -0.460 e. The molecule has 0 aliphatic heterocycles. The van der Waals surface area contributed by atoms with Crippen LogP contribution in [0, 0.1) is 23.7 Å². The minimum absolute atomic E-state index is 0.0190. The summed E-state index contributed by atoms with van der Waals surface area (Å²) < 4.78 is 5.57. The summed E-state index contributed by atoms with van der Waals surface area (Å²) in [7, 11) is 0. The highest BCUT2D eigenvalue weighted by atomic mass is 17.2. The third-order valence-electron chi connectivity index (χ3n) is 10.2. The van der Waals surface area contributed by atoms with Gasteiger partial charge in [-0.05, 0) is 77.0 Å². The molecule has 0 aromatic carbocycles. The molecule has 2 aliphatic rings. The average Bonchev–Trinajstić information content (AvgIpc) is 2.93. The molecule has 0 heterocycles. The highest BCUT2D eigenvalue weighted by Gasteiger charge is 2.24. The van der Waals surface area contributed by atoms with Gasteiger partial charge < -0.3 is 9.62 Å². The van der Waals surface area contributed by atoms with Crippen molar-refractivity contribution in [1.29, 1.82) is 0 Å². The first-order chi connectivity index (χ1) is 19.0. The first kappa shape index (κ1) is 35.2. The third kappa shape index (κ3) is 15.3. The molecule has 0 bridgehead atoms. The number of esters is 1. The third-order valence-corrected chi connectivity index (χ3v) is 10.2. The highest BCUT2D eigenvalue weighted by molar-refractivity contribution is 5.69. The lowest BCUT2D eigenvalue weighted by atomic mass is 9.76. The van der Waals surface area contributed by atoms with E-state index in [2.05, 4.69) is 20.4 Å². The van der Waals surface area contributed by atoms with Gasteiger partial charge in [0.25, 0.3) is 0 Å². The SMILES string of the molecule is C=C(CCCC1CCC(CCCCC2CCC(CCCCC(=O)OC(C)(C)CC)CC2)CC1)OOC(C)(C)CC. The molecule has 0 N–H and O–H groups in total. The summed E-state index contributed by atoms with van der Waals surface area (Å²) in [6, 6.07) is 0. The molecule has 0 unspecified atom stereocenters. The van der Waals surface area contributed by atoms with Crippen molar-refractivity contribution in [1.82, 2.24) is 0 Å². The molecule has 2 rings (SSSR count). The molecule has 4 nitrogen and oxygen atoms in total. The van der Waals surface area contributed by atoms with Gasteiger partial charge in [0.1, 0.15) is 17.0 Å². The van der Waals surface area contributed by atoms with E-state index in [-0.39, 0.29) is 17.2 Å². The second-order valence-corrected chi connectivity index (χ2v) is 14.6. The topological polar surface area (TPSA) is 44.8 Å². The maximum absolute atomic E-state index is 12.0. The number of carbonyl (C=O) groups excluding carboxylic acids is 1. The van der Waals surface area contributed by atoms with Crippen LogP contribution in [-0.2, 0) is 19.3 Å². The monoisotopic (exact) mass is 562 g/mol. The number of allylic oxidation sites excluding steroid dienone is 1. The van der Waals surface area contributed by atoms with E-state index in [0.717, 1.165) is 55.1 Å². The van der Waals surface area contributed by atoms with Gasteiger partial charge in [-0.1, -0.05) is 117 Å². The van der Waals surface area contributed by atoms with E-state index >= 15 is 0 Å². The van der Waals surface area contributed by atoms with Crippen LogP contribution in [-0.4, -0.2) is 17.2 Å². The average molecular weight is 563 g/mol. The minimum atomic E-state index is -0.316. The molecule has 40 heavy (non-hydrogen) atoms. The lowest BCUT2D eigenvalue weighted by molar-refractivity contribution is -0.328. The molecule has 0 saturated heterocycles. The molecule has 2 saturated carbocycles. The predicted molar refractivity (Wildman–Crippen MR) is 168 cm³/mol. The molecular formula is C36H66O4. The lowest BCUT2D eigenvalue weighted by Gasteiger charge is -2.30. The fraction of sp³-hybridized carbons (Fsp3) is 0.917. The summed E-state index contributed by atoms with van der Waals surface area (Å²) in [5.74, 6) is 4.48. The Bertz CT molecular complexity index is 696. The van der Waals surface area contributed by atoms with Crippen molar-refractivity contribution >= 4 is 5.97 Å². The molecule has 2 aliphatic carbocycles. The van der Waals surface area contributed by atoms with Crippen molar-refractivity contribution in [2.45, 2.75) is 188 Å². The van der Waals surface area contributed by atoms with Crippen LogP contribution < -0.4 is 0 Å². The summed E-state index contributed by atoms with van der Waals surface area (Å²) in [4.78, 5) is 23.0. The van der Waals surface area contributed by atoms with Crippen LogP contribution in [0.15, 0.2) is 12.3 Å². The zero-order chi connectivity index (χ0) is 29.4. The fourth-order valence-electron chi connectivity index (χ4n) is 6.48. The molecule has 0 aromatic heterocycles. The first-order valence-electron chi connectivity index (χ1n) is 17.3. The predicted octanol–water partition coefficient (Wildman–Crippen LogP) is 11.3. The molecule has 234 valence electrons. The number of unbranched alkanes of at least 4 members (excludes halogenated alkanes) is 2. The molecule has 0 radical (unpaired) electrons. The van der Waals surface area contributed by atoms with Crippen LogP contribution in [0.5, 0.6) is 0 Å². The number of carbonyl (C=O) groups is 1. The van der Waals surface area contributed by atoms with E-state index in [1.807, 2.05) is 27.7 Å². The second-order valence-electron chi connectivity index (χ2n) is 14.6. The van der Waals surface area contributed by atoms with Crippen molar-refractivity contribution in [3.8, 4) is 0 Å². The summed E-state index contributed by atoms with van der Waals surface area (Å²) in [6.45, 7) is 16.3. The fourth-order valence-corrected chi connectivity index (χ4v) is 6.48. The van der Waals surface area contributed by atoms with Crippen LogP contribution in [0.4, 0.5) is 0 Å². The summed E-state index contributed by atoms with van der Waals surface area (Å²) in [6.07, 6.45) is 26.4. The quantitative estimate of drug-likeness (QED) is 0.0486. The van der Waals surface area contributed by atoms with E-state index in [4.69, 9.17) is 14.5 Å². The van der Waals surface area contributed by atoms with E-state index in [0.29, 0.717) is 6.42 Å². The normalized spacial score (nSPS) is 24.1. The molecule has 0 amide bonds. The Morgan fingerprint density at radius 2 is 1.02 bits per heavy atom. The van der Waals surface area contributed by atoms with Gasteiger partial charge in [-0.2, -0.15) is 4.89 Å².